The lowest BCUT2D eigenvalue weighted by Crippen LogP contribution is -2.26. The van der Waals surface area contributed by atoms with Crippen molar-refractivity contribution in [1.82, 2.24) is 5.32 Å². The highest BCUT2D eigenvalue weighted by molar-refractivity contribution is 7.92. The molecule has 0 spiro atoms. The number of hydrogen-bond acceptors (Lipinski definition) is 5. The normalized spacial score (nSPS) is 18.8. The molecule has 0 saturated heterocycles. The van der Waals surface area contributed by atoms with Crippen LogP contribution in [-0.2, 0) is 14.8 Å². The first-order valence-electron chi connectivity index (χ1n) is 9.00. The third kappa shape index (κ3) is 4.69. The van der Waals surface area contributed by atoms with Crippen LogP contribution >= 0.6 is 23.2 Å². The second kappa shape index (κ2) is 8.52. The Balaban J connectivity index is 2.21. The van der Waals surface area contributed by atoms with Crippen LogP contribution in [0.2, 0.25) is 10.0 Å². The zero-order valence-corrected chi connectivity index (χ0v) is 18.6. The van der Waals surface area contributed by atoms with Gasteiger partial charge in [0.05, 0.1) is 34.7 Å². The van der Waals surface area contributed by atoms with Gasteiger partial charge in [-0.15, -0.1) is 0 Å². The molecule has 0 aromatic heterocycles. The fourth-order valence-corrected chi connectivity index (χ4v) is 4.69. The highest BCUT2D eigenvalue weighted by Gasteiger charge is 2.31. The van der Waals surface area contributed by atoms with E-state index in [0.717, 1.165) is 35.8 Å². The zero-order chi connectivity index (χ0) is 21.3. The molecule has 2 aromatic carbocycles. The Kier molecular flexibility index (Phi) is 6.43. The topological polar surface area (TPSA) is 84.5 Å². The first-order valence-corrected chi connectivity index (χ1v) is 11.7. The fraction of sp³-hybridized carbons (Fsp3) is 0.350. The predicted molar refractivity (Wildman–Crippen MR) is 116 cm³/mol. The predicted octanol–water partition coefficient (Wildman–Crippen LogP) is 4.34. The highest BCUT2D eigenvalue weighted by Crippen LogP contribution is 2.44. The van der Waals surface area contributed by atoms with Gasteiger partial charge in [0.2, 0.25) is 10.0 Å². The number of rotatable bonds is 5. The van der Waals surface area contributed by atoms with Crippen LogP contribution < -0.4 is 10.0 Å². The first kappa shape index (κ1) is 21.9. The van der Waals surface area contributed by atoms with Crippen LogP contribution in [0.4, 0.5) is 5.69 Å². The summed E-state index contributed by atoms with van der Waals surface area (Å²) in [5.41, 5.74) is 3.20. The van der Waals surface area contributed by atoms with Crippen molar-refractivity contribution in [3.63, 3.8) is 0 Å². The fourth-order valence-electron chi connectivity index (χ4n) is 3.82. The second-order valence-electron chi connectivity index (χ2n) is 7.04. The van der Waals surface area contributed by atoms with Crippen molar-refractivity contribution in [3.05, 3.63) is 62.6 Å². The summed E-state index contributed by atoms with van der Waals surface area (Å²) in [5, 5.41) is 4.20. The molecule has 1 aliphatic carbocycles. The summed E-state index contributed by atoms with van der Waals surface area (Å²) in [6.45, 7) is 0. The Morgan fingerprint density at radius 2 is 1.83 bits per heavy atom. The Morgan fingerprint density at radius 3 is 2.41 bits per heavy atom. The summed E-state index contributed by atoms with van der Waals surface area (Å²) in [6, 6.07) is 8.96. The highest BCUT2D eigenvalue weighted by atomic mass is 35.5. The molecule has 0 unspecified atom stereocenters. The van der Waals surface area contributed by atoms with E-state index in [2.05, 4.69) is 10.0 Å². The maximum atomic E-state index is 12.4. The number of methoxy groups -OCH3 is 1. The smallest absolute Gasteiger partial charge is 0.340 e. The number of ether oxygens (including phenoxy) is 1. The molecule has 0 aliphatic heterocycles. The van der Waals surface area contributed by atoms with Gasteiger partial charge < -0.3 is 10.1 Å². The number of anilines is 1. The molecule has 0 saturated carbocycles. The second-order valence-corrected chi connectivity index (χ2v) is 9.60. The van der Waals surface area contributed by atoms with Crippen LogP contribution in [-0.4, -0.2) is 34.8 Å². The molecule has 0 radical (unpaired) electrons. The third-order valence-electron chi connectivity index (χ3n) is 5.11. The Morgan fingerprint density at radius 1 is 1.10 bits per heavy atom. The lowest BCUT2D eigenvalue weighted by atomic mass is 9.76. The molecule has 156 valence electrons. The van der Waals surface area contributed by atoms with Crippen molar-refractivity contribution < 1.29 is 17.9 Å². The Labute approximate surface area is 180 Å². The number of nitrogens with one attached hydrogen (secondary N) is 2. The molecule has 0 fully saturated rings. The number of hydrogen-bond donors (Lipinski definition) is 2. The SMILES string of the molecule is CN[C@H]1CC[C@@H](c2ccc(Cl)c(Cl)c2)c2cc(C(=O)OC)c(NS(C)(=O)=O)cc21. The molecule has 2 N–H and O–H groups in total. The Bertz CT molecular complexity index is 1060. The van der Waals surface area contributed by atoms with Gasteiger partial charge in [-0.2, -0.15) is 0 Å². The summed E-state index contributed by atoms with van der Waals surface area (Å²) >= 11 is 12.3. The van der Waals surface area contributed by atoms with E-state index in [9.17, 15) is 13.2 Å². The average molecular weight is 457 g/mol. The number of benzene rings is 2. The number of esters is 1. The van der Waals surface area contributed by atoms with Crippen LogP contribution in [0.5, 0.6) is 0 Å². The van der Waals surface area contributed by atoms with Gasteiger partial charge in [-0.05, 0) is 60.8 Å². The van der Waals surface area contributed by atoms with E-state index in [0.29, 0.717) is 10.0 Å². The van der Waals surface area contributed by atoms with Crippen LogP contribution in [0.1, 0.15) is 51.8 Å². The maximum absolute atomic E-state index is 12.4. The van der Waals surface area contributed by atoms with E-state index in [-0.39, 0.29) is 23.2 Å². The van der Waals surface area contributed by atoms with E-state index in [1.807, 2.05) is 19.2 Å². The first-order chi connectivity index (χ1) is 13.6. The van der Waals surface area contributed by atoms with Crippen molar-refractivity contribution in [2.75, 3.05) is 25.1 Å². The molecule has 2 atom stereocenters. The number of carbonyl (C=O) groups excluding carboxylic acids is 1. The van der Waals surface area contributed by atoms with Gasteiger partial charge in [-0.1, -0.05) is 29.3 Å². The summed E-state index contributed by atoms with van der Waals surface area (Å²) < 4.78 is 31.0. The van der Waals surface area contributed by atoms with Crippen LogP contribution in [0, 0.1) is 0 Å². The standard InChI is InChI=1S/C20H22Cl2N2O4S/c1-23-18-7-5-12(11-4-6-16(21)17(22)8-11)13-9-15(20(25)28-2)19(10-14(13)18)24-29(3,26)27/h4,6,8-10,12,18,23-24H,5,7H2,1-3H3/t12-,18-/m0/s1. The number of sulfonamides is 1. The maximum Gasteiger partial charge on any atom is 0.340 e. The van der Waals surface area contributed by atoms with Crippen molar-refractivity contribution >= 4 is 44.9 Å². The van der Waals surface area contributed by atoms with Gasteiger partial charge in [0.15, 0.2) is 0 Å². The van der Waals surface area contributed by atoms with E-state index in [4.69, 9.17) is 27.9 Å². The van der Waals surface area contributed by atoms with Gasteiger partial charge >= 0.3 is 5.97 Å². The summed E-state index contributed by atoms with van der Waals surface area (Å²) in [5.74, 6) is -0.626. The van der Waals surface area contributed by atoms with E-state index in [1.165, 1.54) is 7.11 Å². The molecule has 6 nitrogen and oxygen atoms in total. The third-order valence-corrected chi connectivity index (χ3v) is 6.44. The Hall–Kier alpha value is -1.80. The minimum Gasteiger partial charge on any atom is -0.465 e. The minimum absolute atomic E-state index is 0.0138. The molecule has 3 rings (SSSR count). The summed E-state index contributed by atoms with van der Waals surface area (Å²) in [4.78, 5) is 12.4. The molecule has 2 aromatic rings. The average Bonchev–Trinajstić information content (AvgIpc) is 2.67. The molecule has 9 heteroatoms. The van der Waals surface area contributed by atoms with Crippen LogP contribution in [0.25, 0.3) is 0 Å². The molecule has 1 aliphatic rings. The van der Waals surface area contributed by atoms with Gasteiger partial charge in [0.25, 0.3) is 0 Å². The van der Waals surface area contributed by atoms with Gasteiger partial charge in [-0.3, -0.25) is 4.72 Å². The number of fused-ring (bicyclic) bond motifs is 1. The van der Waals surface area contributed by atoms with Gasteiger partial charge in [0.1, 0.15) is 0 Å². The largest absolute Gasteiger partial charge is 0.465 e. The summed E-state index contributed by atoms with van der Waals surface area (Å²) in [7, 11) is -0.463. The minimum atomic E-state index is -3.58. The van der Waals surface area contributed by atoms with Crippen molar-refractivity contribution in [2.45, 2.75) is 24.8 Å². The molecule has 0 heterocycles. The monoisotopic (exact) mass is 456 g/mol. The molecule has 29 heavy (non-hydrogen) atoms. The molecular weight excluding hydrogens is 435 g/mol. The van der Waals surface area contributed by atoms with Crippen molar-refractivity contribution in [2.24, 2.45) is 0 Å². The van der Waals surface area contributed by atoms with E-state index in [1.54, 1.807) is 18.2 Å². The van der Waals surface area contributed by atoms with Crippen LogP contribution in [0.15, 0.2) is 30.3 Å². The van der Waals surface area contributed by atoms with Gasteiger partial charge in [-0.25, -0.2) is 13.2 Å². The van der Waals surface area contributed by atoms with Crippen LogP contribution in [0.3, 0.4) is 0 Å². The zero-order valence-electron chi connectivity index (χ0n) is 16.3. The van der Waals surface area contributed by atoms with Crippen molar-refractivity contribution in [1.29, 1.82) is 0 Å². The van der Waals surface area contributed by atoms with E-state index >= 15 is 0 Å². The quantitative estimate of drug-likeness (QED) is 0.653. The molecule has 0 amide bonds. The van der Waals surface area contributed by atoms with Gasteiger partial charge in [0, 0.05) is 12.0 Å². The molecule has 0 bridgehead atoms. The van der Waals surface area contributed by atoms with E-state index < -0.39 is 16.0 Å². The number of halogens is 2. The van der Waals surface area contributed by atoms with Crippen molar-refractivity contribution in [3.8, 4) is 0 Å². The number of carbonyl (C=O) groups is 1. The lowest BCUT2D eigenvalue weighted by Gasteiger charge is -2.33. The molecular formula is C20H22Cl2N2O4S. The lowest BCUT2D eigenvalue weighted by molar-refractivity contribution is 0.0601. The summed E-state index contributed by atoms with van der Waals surface area (Å²) in [6.07, 6.45) is 2.71.